The van der Waals surface area contributed by atoms with Crippen molar-refractivity contribution in [2.75, 3.05) is 0 Å². The monoisotopic (exact) mass is 172 g/mol. The van der Waals surface area contributed by atoms with Crippen molar-refractivity contribution in [1.29, 1.82) is 0 Å². The highest BCUT2D eigenvalue weighted by Crippen LogP contribution is 2.18. The Morgan fingerprint density at radius 3 is 2.85 bits per heavy atom. The Balaban J connectivity index is 2.79. The Bertz CT molecular complexity index is 435. The van der Waals surface area contributed by atoms with Gasteiger partial charge in [-0.05, 0) is 17.9 Å². The van der Waals surface area contributed by atoms with E-state index in [2.05, 4.69) is 24.0 Å². The maximum absolute atomic E-state index is 5.58. The fourth-order valence-electron chi connectivity index (χ4n) is 1.56. The van der Waals surface area contributed by atoms with Gasteiger partial charge >= 0.3 is 0 Å². The molecule has 2 rings (SSSR count). The molecule has 1 aromatic heterocycles. The summed E-state index contributed by atoms with van der Waals surface area (Å²) in [6.45, 7) is 2.58. The largest absolute Gasteiger partial charge is 0.325 e. The molecular formula is C11H12N2. The van der Waals surface area contributed by atoms with Gasteiger partial charge in [0.1, 0.15) is 0 Å². The zero-order chi connectivity index (χ0) is 9.26. The molecule has 0 saturated heterocycles. The van der Waals surface area contributed by atoms with Gasteiger partial charge < -0.3 is 5.73 Å². The minimum atomic E-state index is 0.511. The third-order valence-electron chi connectivity index (χ3n) is 2.35. The first-order valence-electron chi connectivity index (χ1n) is 4.36. The van der Waals surface area contributed by atoms with Crippen LogP contribution in [0.4, 0.5) is 0 Å². The van der Waals surface area contributed by atoms with E-state index in [1.54, 1.807) is 0 Å². The Kier molecular flexibility index (Phi) is 1.99. The summed E-state index contributed by atoms with van der Waals surface area (Å²) in [6.07, 6.45) is 1.88. The lowest BCUT2D eigenvalue weighted by Crippen LogP contribution is -2.02. The second-order valence-electron chi connectivity index (χ2n) is 3.12. The van der Waals surface area contributed by atoms with Crippen LogP contribution in [0.3, 0.4) is 0 Å². The van der Waals surface area contributed by atoms with E-state index in [9.17, 15) is 0 Å². The summed E-state index contributed by atoms with van der Waals surface area (Å²) in [5.41, 5.74) is 7.76. The van der Waals surface area contributed by atoms with Crippen LogP contribution in [0.5, 0.6) is 0 Å². The predicted molar refractivity (Wildman–Crippen MR) is 54.4 cm³/mol. The SMILES string of the molecule is Cc1c(CN)ncc2ccccc12. The molecule has 13 heavy (non-hydrogen) atoms. The van der Waals surface area contributed by atoms with E-state index in [1.165, 1.54) is 16.3 Å². The number of aromatic nitrogens is 1. The molecule has 66 valence electrons. The quantitative estimate of drug-likeness (QED) is 0.714. The maximum atomic E-state index is 5.58. The van der Waals surface area contributed by atoms with Crippen LogP contribution < -0.4 is 5.73 Å². The van der Waals surface area contributed by atoms with Crippen LogP contribution in [0.25, 0.3) is 10.8 Å². The Hall–Kier alpha value is -1.41. The Morgan fingerprint density at radius 1 is 1.31 bits per heavy atom. The fraction of sp³-hybridized carbons (Fsp3) is 0.182. The smallest absolute Gasteiger partial charge is 0.0574 e. The second-order valence-corrected chi connectivity index (χ2v) is 3.12. The molecule has 0 radical (unpaired) electrons. The topological polar surface area (TPSA) is 38.9 Å². The van der Waals surface area contributed by atoms with E-state index < -0.39 is 0 Å². The first-order chi connectivity index (χ1) is 6.33. The lowest BCUT2D eigenvalue weighted by atomic mass is 10.1. The van der Waals surface area contributed by atoms with E-state index in [0.29, 0.717) is 6.54 Å². The van der Waals surface area contributed by atoms with Crippen LogP contribution in [0.15, 0.2) is 30.5 Å². The summed E-state index contributed by atoms with van der Waals surface area (Å²) >= 11 is 0. The molecular weight excluding hydrogens is 160 g/mol. The van der Waals surface area contributed by atoms with Gasteiger partial charge in [0.25, 0.3) is 0 Å². The number of rotatable bonds is 1. The molecule has 1 heterocycles. The highest BCUT2D eigenvalue weighted by atomic mass is 14.7. The normalized spacial score (nSPS) is 10.6. The molecule has 0 saturated carbocycles. The minimum absolute atomic E-state index is 0.511. The molecule has 0 atom stereocenters. The summed E-state index contributed by atoms with van der Waals surface area (Å²) in [5.74, 6) is 0. The third-order valence-corrected chi connectivity index (χ3v) is 2.35. The highest BCUT2D eigenvalue weighted by molar-refractivity contribution is 5.85. The minimum Gasteiger partial charge on any atom is -0.325 e. The summed E-state index contributed by atoms with van der Waals surface area (Å²) in [5, 5.41) is 2.43. The standard InChI is InChI=1S/C11H12N2/c1-8-10-5-3-2-4-9(10)7-13-11(8)6-12/h2-5,7H,6,12H2,1H3. The zero-order valence-corrected chi connectivity index (χ0v) is 7.62. The number of benzene rings is 1. The van der Waals surface area contributed by atoms with E-state index in [-0.39, 0.29) is 0 Å². The second kappa shape index (κ2) is 3.15. The van der Waals surface area contributed by atoms with Gasteiger partial charge in [0, 0.05) is 18.1 Å². The van der Waals surface area contributed by atoms with Crippen LogP contribution in [-0.2, 0) is 6.54 Å². The molecule has 0 aliphatic rings. The van der Waals surface area contributed by atoms with Crippen LogP contribution in [0, 0.1) is 6.92 Å². The van der Waals surface area contributed by atoms with Gasteiger partial charge in [-0.3, -0.25) is 4.98 Å². The Morgan fingerprint density at radius 2 is 2.08 bits per heavy atom. The molecule has 0 amide bonds. The number of hydrogen-bond donors (Lipinski definition) is 1. The number of nitrogens with two attached hydrogens (primary N) is 1. The number of aryl methyl sites for hydroxylation is 1. The molecule has 1 aromatic carbocycles. The van der Waals surface area contributed by atoms with E-state index >= 15 is 0 Å². The van der Waals surface area contributed by atoms with E-state index in [1.807, 2.05) is 18.3 Å². The first-order valence-corrected chi connectivity index (χ1v) is 4.36. The number of pyridine rings is 1. The van der Waals surface area contributed by atoms with Crippen molar-refractivity contribution >= 4 is 10.8 Å². The summed E-state index contributed by atoms with van der Waals surface area (Å²) in [7, 11) is 0. The molecule has 2 N–H and O–H groups in total. The molecule has 2 nitrogen and oxygen atoms in total. The van der Waals surface area contributed by atoms with Gasteiger partial charge in [-0.25, -0.2) is 0 Å². The van der Waals surface area contributed by atoms with Crippen LogP contribution >= 0.6 is 0 Å². The molecule has 0 aliphatic heterocycles. The van der Waals surface area contributed by atoms with Crippen LogP contribution in [0.1, 0.15) is 11.3 Å². The molecule has 0 bridgehead atoms. The van der Waals surface area contributed by atoms with Crippen molar-refractivity contribution in [3.05, 3.63) is 41.7 Å². The summed E-state index contributed by atoms with van der Waals surface area (Å²) in [4.78, 5) is 4.30. The van der Waals surface area contributed by atoms with Gasteiger partial charge in [0.15, 0.2) is 0 Å². The fourth-order valence-corrected chi connectivity index (χ4v) is 1.56. The number of nitrogens with zero attached hydrogens (tertiary/aromatic N) is 1. The third kappa shape index (κ3) is 1.29. The number of fused-ring (bicyclic) bond motifs is 1. The van der Waals surface area contributed by atoms with Crippen molar-refractivity contribution in [2.45, 2.75) is 13.5 Å². The highest BCUT2D eigenvalue weighted by Gasteiger charge is 2.01. The van der Waals surface area contributed by atoms with E-state index in [4.69, 9.17) is 5.73 Å². The Labute approximate surface area is 77.4 Å². The molecule has 0 unspecified atom stereocenters. The first kappa shape index (κ1) is 8.20. The van der Waals surface area contributed by atoms with Crippen molar-refractivity contribution in [2.24, 2.45) is 5.73 Å². The van der Waals surface area contributed by atoms with Crippen molar-refractivity contribution in [3.8, 4) is 0 Å². The predicted octanol–water partition coefficient (Wildman–Crippen LogP) is 2.00. The van der Waals surface area contributed by atoms with Crippen LogP contribution in [0.2, 0.25) is 0 Å². The molecule has 2 aromatic rings. The molecule has 2 heteroatoms. The number of hydrogen-bond acceptors (Lipinski definition) is 2. The molecule has 0 spiro atoms. The lowest BCUT2D eigenvalue weighted by molar-refractivity contribution is 0.978. The van der Waals surface area contributed by atoms with Crippen molar-refractivity contribution in [1.82, 2.24) is 4.98 Å². The molecule has 0 fully saturated rings. The maximum Gasteiger partial charge on any atom is 0.0574 e. The van der Waals surface area contributed by atoms with Gasteiger partial charge in [0.2, 0.25) is 0 Å². The molecule has 0 aliphatic carbocycles. The summed E-state index contributed by atoms with van der Waals surface area (Å²) < 4.78 is 0. The van der Waals surface area contributed by atoms with Crippen molar-refractivity contribution < 1.29 is 0 Å². The van der Waals surface area contributed by atoms with E-state index in [0.717, 1.165) is 5.69 Å². The average molecular weight is 172 g/mol. The summed E-state index contributed by atoms with van der Waals surface area (Å²) in [6, 6.07) is 8.22. The van der Waals surface area contributed by atoms with Crippen molar-refractivity contribution in [3.63, 3.8) is 0 Å². The average Bonchev–Trinajstić information content (AvgIpc) is 2.19. The lowest BCUT2D eigenvalue weighted by Gasteiger charge is -2.05. The van der Waals surface area contributed by atoms with Gasteiger partial charge in [0.05, 0.1) is 5.69 Å². The zero-order valence-electron chi connectivity index (χ0n) is 7.62. The van der Waals surface area contributed by atoms with Gasteiger partial charge in [-0.15, -0.1) is 0 Å². The van der Waals surface area contributed by atoms with Crippen LogP contribution in [-0.4, -0.2) is 4.98 Å². The van der Waals surface area contributed by atoms with Gasteiger partial charge in [-0.1, -0.05) is 24.3 Å². The van der Waals surface area contributed by atoms with Gasteiger partial charge in [-0.2, -0.15) is 0 Å².